The van der Waals surface area contributed by atoms with Crippen LogP contribution in [-0.4, -0.2) is 26.9 Å². The molecule has 0 N–H and O–H groups in total. The van der Waals surface area contributed by atoms with E-state index in [-0.39, 0.29) is 17.9 Å². The van der Waals surface area contributed by atoms with Crippen LogP contribution in [0.15, 0.2) is 71.8 Å². The molecule has 0 saturated carbocycles. The molecular formula is C25H25N3O2S. The van der Waals surface area contributed by atoms with Gasteiger partial charge in [-0.1, -0.05) is 60.7 Å². The Morgan fingerprint density at radius 1 is 1.06 bits per heavy atom. The van der Waals surface area contributed by atoms with Gasteiger partial charge in [0.05, 0.1) is 11.7 Å². The van der Waals surface area contributed by atoms with E-state index in [0.717, 1.165) is 26.4 Å². The lowest BCUT2D eigenvalue weighted by Crippen LogP contribution is -2.32. The van der Waals surface area contributed by atoms with Crippen molar-refractivity contribution in [3.8, 4) is 11.1 Å². The first-order valence-corrected chi connectivity index (χ1v) is 11.3. The summed E-state index contributed by atoms with van der Waals surface area (Å²) in [5.74, 6) is 0.0307. The molecule has 0 atom stereocenters. The summed E-state index contributed by atoms with van der Waals surface area (Å²) in [6, 6.07) is 19.9. The van der Waals surface area contributed by atoms with Gasteiger partial charge in [-0.05, 0) is 25.0 Å². The number of carbonyl (C=O) groups excluding carboxylic acids is 1. The van der Waals surface area contributed by atoms with E-state index in [0.29, 0.717) is 25.0 Å². The second kappa shape index (κ2) is 9.27. The number of benzene rings is 2. The molecule has 0 aliphatic heterocycles. The minimum atomic E-state index is -0.0906. The fourth-order valence-corrected chi connectivity index (χ4v) is 4.81. The summed E-state index contributed by atoms with van der Waals surface area (Å²) in [6.45, 7) is 5.51. The first-order valence-electron chi connectivity index (χ1n) is 10.4. The van der Waals surface area contributed by atoms with Gasteiger partial charge in [-0.3, -0.25) is 14.2 Å². The number of carbonyl (C=O) groups is 1. The van der Waals surface area contributed by atoms with Gasteiger partial charge in [0.15, 0.2) is 0 Å². The van der Waals surface area contributed by atoms with Crippen molar-refractivity contribution in [3.05, 3.63) is 87.8 Å². The second-order valence-corrected chi connectivity index (χ2v) is 8.67. The van der Waals surface area contributed by atoms with Crippen LogP contribution >= 0.6 is 11.3 Å². The molecular weight excluding hydrogens is 406 g/mol. The molecule has 5 nitrogen and oxygen atoms in total. The molecule has 0 fully saturated rings. The molecule has 4 rings (SSSR count). The van der Waals surface area contributed by atoms with Gasteiger partial charge in [0, 0.05) is 36.5 Å². The maximum atomic E-state index is 13.3. The fourth-order valence-electron chi connectivity index (χ4n) is 3.80. The van der Waals surface area contributed by atoms with Crippen LogP contribution in [0, 0.1) is 6.92 Å². The first-order chi connectivity index (χ1) is 15.1. The van der Waals surface area contributed by atoms with E-state index in [1.165, 1.54) is 11.3 Å². The quantitative estimate of drug-likeness (QED) is 0.419. The third kappa shape index (κ3) is 4.44. The Hall–Kier alpha value is -3.25. The molecule has 0 spiro atoms. The number of hydrogen-bond donors (Lipinski definition) is 0. The predicted molar refractivity (Wildman–Crippen MR) is 126 cm³/mol. The molecule has 158 valence electrons. The first kappa shape index (κ1) is 21.0. The fraction of sp³-hybridized carbons (Fsp3) is 0.240. The van der Waals surface area contributed by atoms with Crippen LogP contribution in [0.1, 0.15) is 23.8 Å². The molecule has 2 aromatic carbocycles. The molecule has 0 aliphatic rings. The SMILES string of the molecule is CCN(Cc1ccccc1)C(=O)CCn1cnc2sc(C)c(-c3ccccc3)c2c1=O. The van der Waals surface area contributed by atoms with Gasteiger partial charge < -0.3 is 4.90 Å². The Morgan fingerprint density at radius 3 is 2.42 bits per heavy atom. The van der Waals surface area contributed by atoms with Crippen molar-refractivity contribution in [3.63, 3.8) is 0 Å². The molecule has 0 bridgehead atoms. The minimum Gasteiger partial charge on any atom is -0.339 e. The van der Waals surface area contributed by atoms with Crippen molar-refractivity contribution in [2.24, 2.45) is 0 Å². The van der Waals surface area contributed by atoms with E-state index in [2.05, 4.69) is 4.98 Å². The number of nitrogens with zero attached hydrogens (tertiary/aromatic N) is 3. The highest BCUT2D eigenvalue weighted by molar-refractivity contribution is 7.19. The van der Waals surface area contributed by atoms with E-state index in [1.54, 1.807) is 10.9 Å². The number of fused-ring (bicyclic) bond motifs is 1. The van der Waals surface area contributed by atoms with Gasteiger partial charge in [-0.15, -0.1) is 11.3 Å². The summed E-state index contributed by atoms with van der Waals surface area (Å²) in [6.07, 6.45) is 1.83. The third-order valence-electron chi connectivity index (χ3n) is 5.43. The van der Waals surface area contributed by atoms with Crippen molar-refractivity contribution < 1.29 is 4.79 Å². The summed E-state index contributed by atoms with van der Waals surface area (Å²) in [5, 5.41) is 0.639. The van der Waals surface area contributed by atoms with Crippen molar-refractivity contribution in [2.45, 2.75) is 33.4 Å². The molecule has 6 heteroatoms. The number of thiophene rings is 1. The summed E-state index contributed by atoms with van der Waals surface area (Å²) >= 11 is 1.53. The Labute approximate surface area is 185 Å². The van der Waals surface area contributed by atoms with Crippen LogP contribution in [0.4, 0.5) is 0 Å². The highest BCUT2D eigenvalue weighted by atomic mass is 32.1. The van der Waals surface area contributed by atoms with Crippen molar-refractivity contribution in [2.75, 3.05) is 6.54 Å². The molecule has 0 saturated heterocycles. The van der Waals surface area contributed by atoms with E-state index in [1.807, 2.05) is 79.4 Å². The molecule has 31 heavy (non-hydrogen) atoms. The topological polar surface area (TPSA) is 55.2 Å². The van der Waals surface area contributed by atoms with Crippen molar-refractivity contribution in [1.29, 1.82) is 0 Å². The van der Waals surface area contributed by atoms with E-state index < -0.39 is 0 Å². The number of hydrogen-bond acceptors (Lipinski definition) is 4. The van der Waals surface area contributed by atoms with Crippen LogP contribution in [-0.2, 0) is 17.9 Å². The Morgan fingerprint density at radius 2 is 1.74 bits per heavy atom. The van der Waals surface area contributed by atoms with E-state index >= 15 is 0 Å². The van der Waals surface area contributed by atoms with E-state index in [9.17, 15) is 9.59 Å². The van der Waals surface area contributed by atoms with Gasteiger partial charge in [0.2, 0.25) is 5.91 Å². The number of aryl methyl sites for hydroxylation is 2. The zero-order valence-electron chi connectivity index (χ0n) is 17.7. The molecule has 4 aromatic rings. The van der Waals surface area contributed by atoms with Crippen LogP contribution in [0.5, 0.6) is 0 Å². The van der Waals surface area contributed by atoms with E-state index in [4.69, 9.17) is 0 Å². The Bertz CT molecular complexity index is 1250. The molecule has 1 amide bonds. The van der Waals surface area contributed by atoms with Crippen LogP contribution < -0.4 is 5.56 Å². The number of amides is 1. The molecule has 0 aliphatic carbocycles. The summed E-state index contributed by atoms with van der Waals surface area (Å²) in [5.41, 5.74) is 2.96. The lowest BCUT2D eigenvalue weighted by Gasteiger charge is -2.21. The molecule has 0 unspecified atom stereocenters. The second-order valence-electron chi connectivity index (χ2n) is 7.47. The van der Waals surface area contributed by atoms with Gasteiger partial charge in [0.1, 0.15) is 4.83 Å². The summed E-state index contributed by atoms with van der Waals surface area (Å²) in [7, 11) is 0. The van der Waals surface area contributed by atoms with Crippen molar-refractivity contribution in [1.82, 2.24) is 14.5 Å². The standard InChI is InChI=1S/C25H25N3O2S/c1-3-27(16-19-10-6-4-7-11-19)21(29)14-15-28-17-26-24-23(25(28)30)22(18(2)31-24)20-12-8-5-9-13-20/h4-13,17H,3,14-16H2,1-2H3. The molecule has 0 radical (unpaired) electrons. The zero-order valence-corrected chi connectivity index (χ0v) is 18.6. The van der Waals surface area contributed by atoms with Gasteiger partial charge in [-0.2, -0.15) is 0 Å². The van der Waals surface area contributed by atoms with Gasteiger partial charge in [-0.25, -0.2) is 4.98 Å². The normalized spacial score (nSPS) is 11.0. The Kier molecular flexibility index (Phi) is 6.28. The highest BCUT2D eigenvalue weighted by Gasteiger charge is 2.18. The van der Waals surface area contributed by atoms with Crippen molar-refractivity contribution >= 4 is 27.5 Å². The largest absolute Gasteiger partial charge is 0.339 e. The number of aromatic nitrogens is 2. The Balaban J connectivity index is 1.57. The van der Waals surface area contributed by atoms with Gasteiger partial charge in [0.25, 0.3) is 5.56 Å². The van der Waals surface area contributed by atoms with Crippen LogP contribution in [0.2, 0.25) is 0 Å². The third-order valence-corrected chi connectivity index (χ3v) is 6.45. The van der Waals surface area contributed by atoms with Crippen LogP contribution in [0.3, 0.4) is 0 Å². The highest BCUT2D eigenvalue weighted by Crippen LogP contribution is 2.35. The molecule has 2 aromatic heterocycles. The summed E-state index contributed by atoms with van der Waals surface area (Å²) < 4.78 is 1.56. The van der Waals surface area contributed by atoms with Crippen LogP contribution in [0.25, 0.3) is 21.3 Å². The maximum absolute atomic E-state index is 13.3. The monoisotopic (exact) mass is 431 g/mol. The number of rotatable bonds is 7. The lowest BCUT2D eigenvalue weighted by atomic mass is 10.0. The summed E-state index contributed by atoms with van der Waals surface area (Å²) in [4.78, 5) is 34.2. The maximum Gasteiger partial charge on any atom is 0.262 e. The zero-order chi connectivity index (χ0) is 21.8. The predicted octanol–water partition coefficient (Wildman–Crippen LogP) is 4.87. The minimum absolute atomic E-state index is 0.0307. The molecule has 2 heterocycles. The smallest absolute Gasteiger partial charge is 0.262 e. The lowest BCUT2D eigenvalue weighted by molar-refractivity contribution is -0.131. The average molecular weight is 432 g/mol. The average Bonchev–Trinajstić information content (AvgIpc) is 3.14. The van der Waals surface area contributed by atoms with Gasteiger partial charge >= 0.3 is 0 Å².